The lowest BCUT2D eigenvalue weighted by Crippen LogP contribution is -2.30. The summed E-state index contributed by atoms with van der Waals surface area (Å²) in [5.41, 5.74) is 5.45. The van der Waals surface area contributed by atoms with E-state index >= 15 is 0 Å². The van der Waals surface area contributed by atoms with Gasteiger partial charge in [-0.3, -0.25) is 9.59 Å². The van der Waals surface area contributed by atoms with Gasteiger partial charge in [0.1, 0.15) is 5.82 Å². The van der Waals surface area contributed by atoms with Gasteiger partial charge in [-0.05, 0) is 72.0 Å². The molecule has 4 nitrogen and oxygen atoms in total. The molecule has 0 spiro atoms. The fourth-order valence-electron chi connectivity index (χ4n) is 4.41. The van der Waals surface area contributed by atoms with E-state index in [9.17, 15) is 14.0 Å². The Morgan fingerprint density at radius 2 is 1.57 bits per heavy atom. The molecule has 4 aromatic rings. The summed E-state index contributed by atoms with van der Waals surface area (Å²) in [6.45, 7) is 1.98. The highest BCUT2D eigenvalue weighted by Gasteiger charge is 2.26. The molecular weight excluding hydrogens is 463 g/mol. The van der Waals surface area contributed by atoms with Gasteiger partial charge in [-0.1, -0.05) is 60.1 Å². The lowest BCUT2D eigenvalue weighted by molar-refractivity contribution is 0.0984. The summed E-state index contributed by atoms with van der Waals surface area (Å²) < 4.78 is 13.8. The first-order chi connectivity index (χ1) is 16.9. The number of rotatable bonds is 3. The zero-order chi connectivity index (χ0) is 24.5. The third-order valence-corrected chi connectivity index (χ3v) is 6.64. The van der Waals surface area contributed by atoms with Gasteiger partial charge >= 0.3 is 0 Å². The van der Waals surface area contributed by atoms with Crippen molar-refractivity contribution in [3.05, 3.63) is 129 Å². The van der Waals surface area contributed by atoms with E-state index in [-0.39, 0.29) is 22.1 Å². The van der Waals surface area contributed by atoms with Crippen molar-refractivity contribution in [1.82, 2.24) is 0 Å². The lowest BCUT2D eigenvalue weighted by Gasteiger charge is -2.24. The van der Waals surface area contributed by atoms with Gasteiger partial charge in [0.15, 0.2) is 0 Å². The smallest absolute Gasteiger partial charge is 0.260 e. The Morgan fingerprint density at radius 3 is 2.34 bits per heavy atom. The van der Waals surface area contributed by atoms with Crippen LogP contribution in [0, 0.1) is 12.7 Å². The molecule has 5 rings (SSSR count). The molecule has 0 radical (unpaired) electrons. The maximum atomic E-state index is 13.8. The number of anilines is 2. The minimum Gasteiger partial charge on any atom is -0.322 e. The van der Waals surface area contributed by atoms with Crippen molar-refractivity contribution >= 4 is 34.8 Å². The summed E-state index contributed by atoms with van der Waals surface area (Å²) in [6, 6.07) is 25.1. The highest BCUT2D eigenvalue weighted by molar-refractivity contribution is 6.35. The first-order valence-corrected chi connectivity index (χ1v) is 11.6. The van der Waals surface area contributed by atoms with Crippen LogP contribution in [-0.2, 0) is 13.0 Å². The molecule has 1 heterocycles. The summed E-state index contributed by atoms with van der Waals surface area (Å²) in [5.74, 6) is -1.12. The molecule has 174 valence electrons. The number of benzene rings is 4. The normalized spacial score (nSPS) is 12.4. The van der Waals surface area contributed by atoms with Crippen LogP contribution >= 0.6 is 11.6 Å². The van der Waals surface area contributed by atoms with Crippen LogP contribution in [0.25, 0.3) is 0 Å². The van der Waals surface area contributed by atoms with E-state index in [1.54, 1.807) is 36.1 Å². The highest BCUT2D eigenvalue weighted by atomic mass is 35.5. The summed E-state index contributed by atoms with van der Waals surface area (Å²) in [5, 5.41) is 2.96. The topological polar surface area (TPSA) is 49.4 Å². The Morgan fingerprint density at radius 1 is 0.857 bits per heavy atom. The number of amides is 2. The second-order valence-electron chi connectivity index (χ2n) is 8.53. The van der Waals surface area contributed by atoms with E-state index in [4.69, 9.17) is 11.6 Å². The van der Waals surface area contributed by atoms with Crippen molar-refractivity contribution in [2.45, 2.75) is 19.9 Å². The second kappa shape index (κ2) is 9.35. The molecule has 0 fully saturated rings. The quantitative estimate of drug-likeness (QED) is 0.348. The average Bonchev–Trinajstić information content (AvgIpc) is 3.02. The number of fused-ring (bicyclic) bond motifs is 2. The van der Waals surface area contributed by atoms with Gasteiger partial charge in [0.05, 0.1) is 17.1 Å². The number of nitrogens with one attached hydrogen (secondary N) is 1. The molecule has 0 bridgehead atoms. The molecule has 0 saturated carbocycles. The van der Waals surface area contributed by atoms with Gasteiger partial charge in [-0.15, -0.1) is 0 Å². The molecule has 1 N–H and O–H groups in total. The number of hydrogen-bond acceptors (Lipinski definition) is 2. The van der Waals surface area contributed by atoms with E-state index in [0.717, 1.165) is 23.2 Å². The Hall–Kier alpha value is -3.96. The van der Waals surface area contributed by atoms with Crippen LogP contribution in [0.3, 0.4) is 0 Å². The number of halogens is 2. The average molecular weight is 485 g/mol. The maximum absolute atomic E-state index is 13.8. The first kappa shape index (κ1) is 22.8. The molecule has 0 unspecified atom stereocenters. The summed E-state index contributed by atoms with van der Waals surface area (Å²) in [4.78, 5) is 28.1. The van der Waals surface area contributed by atoms with Crippen LogP contribution in [0.4, 0.5) is 15.8 Å². The minimum atomic E-state index is -0.449. The van der Waals surface area contributed by atoms with Crippen molar-refractivity contribution in [3.63, 3.8) is 0 Å². The SMILES string of the molecule is Cc1c(F)cccc1C(=O)Nc1ccc(C(=O)N2Cc3ccccc3Cc3ccccc32)c(Cl)c1. The number of carbonyl (C=O) groups is 2. The van der Waals surface area contributed by atoms with Gasteiger partial charge in [-0.25, -0.2) is 4.39 Å². The standard InChI is InChI=1S/C29H22ClFN2O2/c1-18-23(10-6-11-26(18)31)28(34)32-22-13-14-24(25(30)16-22)29(35)33-17-21-9-3-2-7-19(21)15-20-8-4-5-12-27(20)33/h2-14,16H,15,17H2,1H3,(H,32,34). The first-order valence-electron chi connectivity index (χ1n) is 11.2. The van der Waals surface area contributed by atoms with Gasteiger partial charge in [0.2, 0.25) is 0 Å². The van der Waals surface area contributed by atoms with E-state index < -0.39 is 11.7 Å². The van der Waals surface area contributed by atoms with Gasteiger partial charge in [0.25, 0.3) is 11.8 Å². The number of carbonyl (C=O) groups excluding carboxylic acids is 2. The molecule has 0 saturated heterocycles. The van der Waals surface area contributed by atoms with Crippen LogP contribution in [0.5, 0.6) is 0 Å². The summed E-state index contributed by atoms with van der Waals surface area (Å²) in [6.07, 6.45) is 0.744. The van der Waals surface area contributed by atoms with Crippen LogP contribution in [0.2, 0.25) is 5.02 Å². The maximum Gasteiger partial charge on any atom is 0.260 e. The zero-order valence-corrected chi connectivity index (χ0v) is 19.8. The molecule has 6 heteroatoms. The molecule has 0 atom stereocenters. The molecular formula is C29H22ClFN2O2. The Labute approximate surface area is 208 Å². The Bertz CT molecular complexity index is 1470. The molecule has 0 aliphatic carbocycles. The molecule has 0 aromatic heterocycles. The number of nitrogens with zero attached hydrogens (tertiary/aromatic N) is 1. The van der Waals surface area contributed by atoms with Gasteiger partial charge in [-0.2, -0.15) is 0 Å². The van der Waals surface area contributed by atoms with E-state index in [2.05, 4.69) is 11.4 Å². The molecule has 2 amide bonds. The van der Waals surface area contributed by atoms with E-state index in [1.165, 1.54) is 17.7 Å². The fourth-order valence-corrected chi connectivity index (χ4v) is 4.67. The minimum absolute atomic E-state index is 0.221. The molecule has 35 heavy (non-hydrogen) atoms. The number of para-hydroxylation sites is 1. The van der Waals surface area contributed by atoms with Crippen molar-refractivity contribution < 1.29 is 14.0 Å². The van der Waals surface area contributed by atoms with Crippen molar-refractivity contribution in [1.29, 1.82) is 0 Å². The van der Waals surface area contributed by atoms with Crippen molar-refractivity contribution in [2.24, 2.45) is 0 Å². The highest BCUT2D eigenvalue weighted by Crippen LogP contribution is 2.33. The third-order valence-electron chi connectivity index (χ3n) is 6.32. The monoisotopic (exact) mass is 484 g/mol. The van der Waals surface area contributed by atoms with Crippen LogP contribution in [-0.4, -0.2) is 11.8 Å². The molecule has 4 aromatic carbocycles. The van der Waals surface area contributed by atoms with E-state index in [0.29, 0.717) is 17.8 Å². The zero-order valence-electron chi connectivity index (χ0n) is 19.0. The fraction of sp³-hybridized carbons (Fsp3) is 0.103. The number of hydrogen-bond donors (Lipinski definition) is 1. The predicted molar refractivity (Wildman–Crippen MR) is 137 cm³/mol. The molecule has 1 aliphatic rings. The third kappa shape index (κ3) is 4.43. The Kier molecular flexibility index (Phi) is 6.10. The van der Waals surface area contributed by atoms with Crippen molar-refractivity contribution in [2.75, 3.05) is 10.2 Å². The summed E-state index contributed by atoms with van der Waals surface area (Å²) >= 11 is 6.54. The van der Waals surface area contributed by atoms with Crippen LogP contribution in [0.1, 0.15) is 43.0 Å². The van der Waals surface area contributed by atoms with Gasteiger partial charge in [0, 0.05) is 16.9 Å². The van der Waals surface area contributed by atoms with Crippen molar-refractivity contribution in [3.8, 4) is 0 Å². The van der Waals surface area contributed by atoms with E-state index in [1.807, 2.05) is 42.5 Å². The Balaban J connectivity index is 1.44. The van der Waals surface area contributed by atoms with Crippen LogP contribution < -0.4 is 10.2 Å². The predicted octanol–water partition coefficient (Wildman–Crippen LogP) is 6.79. The molecule has 1 aliphatic heterocycles. The van der Waals surface area contributed by atoms with Gasteiger partial charge < -0.3 is 10.2 Å². The second-order valence-corrected chi connectivity index (χ2v) is 8.93. The largest absolute Gasteiger partial charge is 0.322 e. The lowest BCUT2D eigenvalue weighted by atomic mass is 10.0. The van der Waals surface area contributed by atoms with Crippen LogP contribution in [0.15, 0.2) is 84.9 Å². The summed E-state index contributed by atoms with van der Waals surface area (Å²) in [7, 11) is 0.